The number of aliphatic hydroxyl groups excluding tert-OH is 1. The van der Waals surface area contributed by atoms with Gasteiger partial charge in [-0.15, -0.1) is 0 Å². The summed E-state index contributed by atoms with van der Waals surface area (Å²) in [5.41, 5.74) is -0.503. The fourth-order valence-electron chi connectivity index (χ4n) is 2.91. The van der Waals surface area contributed by atoms with Crippen molar-refractivity contribution in [2.24, 2.45) is 0 Å². The number of halogens is 3. The monoisotopic (exact) mass is 327 g/mol. The third kappa shape index (κ3) is 3.37. The van der Waals surface area contributed by atoms with Gasteiger partial charge in [0.05, 0.1) is 17.7 Å². The number of rotatable bonds is 3. The number of nitrogens with zero attached hydrogens (tertiary/aromatic N) is 3. The Kier molecular flexibility index (Phi) is 4.11. The highest BCUT2D eigenvalue weighted by molar-refractivity contribution is 5.29. The molecule has 8 heteroatoms. The van der Waals surface area contributed by atoms with Gasteiger partial charge in [-0.1, -0.05) is 23.4 Å². The Morgan fingerprint density at radius 3 is 2.74 bits per heavy atom. The molecule has 23 heavy (non-hydrogen) atoms. The van der Waals surface area contributed by atoms with E-state index in [-0.39, 0.29) is 24.7 Å². The summed E-state index contributed by atoms with van der Waals surface area (Å²) >= 11 is 0. The lowest BCUT2D eigenvalue weighted by molar-refractivity contribution is -0.138. The third-order valence-electron chi connectivity index (χ3n) is 3.91. The molecule has 5 nitrogen and oxygen atoms in total. The molecule has 2 heterocycles. The first-order valence-electron chi connectivity index (χ1n) is 7.22. The molecule has 2 atom stereocenters. The van der Waals surface area contributed by atoms with E-state index in [1.54, 1.807) is 17.9 Å². The molecule has 124 valence electrons. The lowest BCUT2D eigenvalue weighted by Crippen LogP contribution is -2.26. The minimum atomic E-state index is -4.41. The van der Waals surface area contributed by atoms with Crippen LogP contribution < -0.4 is 0 Å². The fraction of sp³-hybridized carbons (Fsp3) is 0.467. The molecule has 1 saturated heterocycles. The Hall–Kier alpha value is -1.93. The Labute approximate surface area is 130 Å². The maximum absolute atomic E-state index is 13.1. The molecule has 1 fully saturated rings. The second-order valence-electron chi connectivity index (χ2n) is 5.67. The summed E-state index contributed by atoms with van der Waals surface area (Å²) in [5, 5.41) is 13.6. The van der Waals surface area contributed by atoms with E-state index in [0.717, 1.165) is 6.07 Å². The summed E-state index contributed by atoms with van der Waals surface area (Å²) in [6, 6.07) is 5.07. The molecule has 2 aromatic rings. The number of β-amino-alcohol motifs (C(OH)–C–C–N with tert-alkyl or cyclic N) is 1. The maximum Gasteiger partial charge on any atom is 0.416 e. The van der Waals surface area contributed by atoms with Gasteiger partial charge in [0.1, 0.15) is 0 Å². The van der Waals surface area contributed by atoms with Crippen LogP contribution in [0.2, 0.25) is 0 Å². The van der Waals surface area contributed by atoms with Crippen LogP contribution >= 0.6 is 0 Å². The van der Waals surface area contributed by atoms with Gasteiger partial charge >= 0.3 is 6.18 Å². The molecule has 1 N–H and O–H groups in total. The molecule has 0 amide bonds. The molecule has 0 bridgehead atoms. The highest BCUT2D eigenvalue weighted by atomic mass is 19.4. The van der Waals surface area contributed by atoms with Crippen molar-refractivity contribution in [2.45, 2.75) is 38.2 Å². The van der Waals surface area contributed by atoms with E-state index in [0.29, 0.717) is 18.1 Å². The van der Waals surface area contributed by atoms with Crippen molar-refractivity contribution >= 4 is 0 Å². The number of alkyl halides is 3. The van der Waals surface area contributed by atoms with E-state index in [1.807, 2.05) is 0 Å². The third-order valence-corrected chi connectivity index (χ3v) is 3.91. The average Bonchev–Trinajstić information content (AvgIpc) is 3.04. The quantitative estimate of drug-likeness (QED) is 0.939. The zero-order valence-electron chi connectivity index (χ0n) is 12.4. The summed E-state index contributed by atoms with van der Waals surface area (Å²) in [6.07, 6.45) is -4.69. The molecule has 0 saturated carbocycles. The topological polar surface area (TPSA) is 62.4 Å². The summed E-state index contributed by atoms with van der Waals surface area (Å²) in [7, 11) is 0. The van der Waals surface area contributed by atoms with E-state index in [2.05, 4.69) is 10.1 Å². The highest BCUT2D eigenvalue weighted by Gasteiger charge is 2.38. The number of aryl methyl sites for hydroxylation is 1. The minimum Gasteiger partial charge on any atom is -0.392 e. The van der Waals surface area contributed by atoms with Gasteiger partial charge in [0.25, 0.3) is 0 Å². The molecule has 0 spiro atoms. The molecule has 3 rings (SSSR count). The minimum absolute atomic E-state index is 0.0544. The largest absolute Gasteiger partial charge is 0.416 e. The Bertz CT molecular complexity index is 687. The molecule has 1 aromatic heterocycles. The van der Waals surface area contributed by atoms with Crippen molar-refractivity contribution in [3.63, 3.8) is 0 Å². The maximum atomic E-state index is 13.1. The lowest BCUT2D eigenvalue weighted by atomic mass is 10.1. The second-order valence-corrected chi connectivity index (χ2v) is 5.67. The number of likely N-dealkylation sites (tertiary alicyclic amines) is 1. The van der Waals surface area contributed by atoms with Crippen molar-refractivity contribution in [3.05, 3.63) is 47.1 Å². The summed E-state index contributed by atoms with van der Waals surface area (Å²) in [4.78, 5) is 5.88. The number of aromatic nitrogens is 2. The zero-order valence-corrected chi connectivity index (χ0v) is 12.4. The first-order valence-corrected chi connectivity index (χ1v) is 7.22. The van der Waals surface area contributed by atoms with Gasteiger partial charge < -0.3 is 9.63 Å². The molecule has 0 unspecified atom stereocenters. The first-order chi connectivity index (χ1) is 10.8. The number of aliphatic hydroxyl groups is 1. The van der Waals surface area contributed by atoms with Gasteiger partial charge in [0.15, 0.2) is 5.82 Å². The van der Waals surface area contributed by atoms with Crippen molar-refractivity contribution in [1.82, 2.24) is 15.0 Å². The predicted octanol–water partition coefficient (Wildman–Crippen LogP) is 2.70. The average molecular weight is 327 g/mol. The molecule has 1 aliphatic rings. The summed E-state index contributed by atoms with van der Waals surface area (Å²) in [5.74, 6) is 0.778. The molecular formula is C15H16F3N3O2. The first kappa shape index (κ1) is 15.9. The van der Waals surface area contributed by atoms with E-state index in [1.165, 1.54) is 12.1 Å². The van der Waals surface area contributed by atoms with E-state index >= 15 is 0 Å². The van der Waals surface area contributed by atoms with E-state index in [4.69, 9.17) is 4.52 Å². The summed E-state index contributed by atoms with van der Waals surface area (Å²) < 4.78 is 44.5. The SMILES string of the molecule is Cc1noc([C@H]2C[C@@H](O)CN2Cc2ccccc2C(F)(F)F)n1. The van der Waals surface area contributed by atoms with Crippen LogP contribution in [0.4, 0.5) is 13.2 Å². The van der Waals surface area contributed by atoms with Crippen LogP contribution in [-0.2, 0) is 12.7 Å². The van der Waals surface area contributed by atoms with Crippen LogP contribution in [-0.4, -0.2) is 32.8 Å². The Morgan fingerprint density at radius 1 is 1.35 bits per heavy atom. The van der Waals surface area contributed by atoms with Gasteiger partial charge in [0, 0.05) is 13.1 Å². The van der Waals surface area contributed by atoms with Crippen LogP contribution in [0.1, 0.15) is 35.3 Å². The van der Waals surface area contributed by atoms with Crippen LogP contribution in [0.15, 0.2) is 28.8 Å². The Morgan fingerprint density at radius 2 is 2.09 bits per heavy atom. The second kappa shape index (κ2) is 5.93. The van der Waals surface area contributed by atoms with Crippen molar-refractivity contribution in [1.29, 1.82) is 0 Å². The number of benzene rings is 1. The molecular weight excluding hydrogens is 311 g/mol. The lowest BCUT2D eigenvalue weighted by Gasteiger charge is -2.23. The highest BCUT2D eigenvalue weighted by Crippen LogP contribution is 2.36. The van der Waals surface area contributed by atoms with Gasteiger partial charge in [-0.05, 0) is 25.0 Å². The van der Waals surface area contributed by atoms with Crippen LogP contribution in [0.5, 0.6) is 0 Å². The van der Waals surface area contributed by atoms with Crippen molar-refractivity contribution in [3.8, 4) is 0 Å². The van der Waals surface area contributed by atoms with E-state index < -0.39 is 17.8 Å². The zero-order chi connectivity index (χ0) is 16.6. The van der Waals surface area contributed by atoms with Gasteiger partial charge in [-0.2, -0.15) is 18.2 Å². The predicted molar refractivity (Wildman–Crippen MR) is 74.3 cm³/mol. The van der Waals surface area contributed by atoms with E-state index in [9.17, 15) is 18.3 Å². The van der Waals surface area contributed by atoms with Crippen molar-refractivity contribution < 1.29 is 22.8 Å². The summed E-state index contributed by atoms with van der Waals surface area (Å²) in [6.45, 7) is 1.98. The normalized spacial score (nSPS) is 22.7. The Balaban J connectivity index is 1.87. The van der Waals surface area contributed by atoms with Crippen molar-refractivity contribution in [2.75, 3.05) is 6.54 Å². The van der Waals surface area contributed by atoms with Gasteiger partial charge in [-0.3, -0.25) is 4.90 Å². The van der Waals surface area contributed by atoms with Crippen LogP contribution in [0.3, 0.4) is 0 Å². The number of hydrogen-bond donors (Lipinski definition) is 1. The standard InChI is InChI=1S/C15H16F3N3O2/c1-9-19-14(23-20-9)13-6-11(22)8-21(13)7-10-4-2-3-5-12(10)15(16,17)18/h2-5,11,13,22H,6-8H2,1H3/t11-,13-/m1/s1. The van der Waals surface area contributed by atoms with Gasteiger partial charge in [0.2, 0.25) is 5.89 Å². The number of hydrogen-bond acceptors (Lipinski definition) is 5. The smallest absolute Gasteiger partial charge is 0.392 e. The molecule has 1 aromatic carbocycles. The fourth-order valence-corrected chi connectivity index (χ4v) is 2.91. The molecule has 0 aliphatic carbocycles. The van der Waals surface area contributed by atoms with Crippen LogP contribution in [0.25, 0.3) is 0 Å². The molecule has 0 radical (unpaired) electrons. The molecule has 1 aliphatic heterocycles. The van der Waals surface area contributed by atoms with Gasteiger partial charge in [-0.25, -0.2) is 0 Å². The van der Waals surface area contributed by atoms with Crippen LogP contribution in [0, 0.1) is 6.92 Å².